The van der Waals surface area contributed by atoms with Crippen LogP contribution in [-0.2, 0) is 11.3 Å². The van der Waals surface area contributed by atoms with Gasteiger partial charge in [0, 0.05) is 30.8 Å². The summed E-state index contributed by atoms with van der Waals surface area (Å²) in [5, 5.41) is 13.2. The molecule has 6 heteroatoms. The van der Waals surface area contributed by atoms with Gasteiger partial charge in [0.2, 0.25) is 0 Å². The summed E-state index contributed by atoms with van der Waals surface area (Å²) in [5.74, 6) is -1.10. The highest BCUT2D eigenvalue weighted by molar-refractivity contribution is 5.81. The van der Waals surface area contributed by atoms with Gasteiger partial charge in [-0.15, -0.1) is 0 Å². The molecule has 3 rings (SSSR count). The Hall–Kier alpha value is -2.50. The maximum Gasteiger partial charge on any atom is 0.317 e. The number of aromatic amines is 1. The highest BCUT2D eigenvalue weighted by atomic mass is 16.4. The minimum absolute atomic E-state index is 0.196. The first kappa shape index (κ1) is 16.4. The number of nitrogens with one attached hydrogen (secondary N) is 2. The zero-order chi connectivity index (χ0) is 17.3. The van der Waals surface area contributed by atoms with Gasteiger partial charge in [-0.3, -0.25) is 4.79 Å². The number of aliphatic carboxylic acids is 1. The molecular formula is C18H23N3O3. The predicted octanol–water partition coefficient (Wildman–Crippen LogP) is 2.73. The van der Waals surface area contributed by atoms with E-state index in [9.17, 15) is 14.7 Å². The lowest BCUT2D eigenvalue weighted by Gasteiger charge is -2.34. The Kier molecular flexibility index (Phi) is 4.46. The summed E-state index contributed by atoms with van der Waals surface area (Å²) >= 11 is 0. The van der Waals surface area contributed by atoms with Gasteiger partial charge in [0.05, 0.1) is 5.92 Å². The quantitative estimate of drug-likeness (QED) is 0.809. The number of nitrogens with zero attached hydrogens (tertiary/aromatic N) is 1. The Morgan fingerprint density at radius 1 is 1.33 bits per heavy atom. The number of fused-ring (bicyclic) bond motifs is 1. The van der Waals surface area contributed by atoms with Gasteiger partial charge >= 0.3 is 12.0 Å². The number of H-pyrrole nitrogens is 1. The average Bonchev–Trinajstić information content (AvgIpc) is 2.91. The van der Waals surface area contributed by atoms with Crippen LogP contribution in [0.3, 0.4) is 0 Å². The first-order valence-electron chi connectivity index (χ1n) is 8.26. The van der Waals surface area contributed by atoms with E-state index in [1.807, 2.05) is 26.0 Å². The predicted molar refractivity (Wildman–Crippen MR) is 91.8 cm³/mol. The van der Waals surface area contributed by atoms with Crippen LogP contribution in [0.15, 0.2) is 24.3 Å². The van der Waals surface area contributed by atoms with E-state index in [4.69, 9.17) is 0 Å². The van der Waals surface area contributed by atoms with E-state index in [-0.39, 0.29) is 18.5 Å². The third-order valence-corrected chi connectivity index (χ3v) is 4.56. The minimum Gasteiger partial charge on any atom is -0.481 e. The van der Waals surface area contributed by atoms with Crippen molar-refractivity contribution >= 4 is 22.9 Å². The van der Waals surface area contributed by atoms with E-state index in [2.05, 4.69) is 22.4 Å². The fourth-order valence-electron chi connectivity index (χ4n) is 3.42. The Labute approximate surface area is 140 Å². The molecule has 0 saturated carbocycles. The SMILES string of the molecule is Cc1cc2cc(CNC(=O)N3CC(C)CC(C(=O)O)C3)ccc2[nH]1. The van der Waals surface area contributed by atoms with E-state index in [0.717, 1.165) is 22.2 Å². The summed E-state index contributed by atoms with van der Waals surface area (Å²) in [6.45, 7) is 5.31. The number of aromatic nitrogens is 1. The van der Waals surface area contributed by atoms with Crippen LogP contribution in [0.1, 0.15) is 24.6 Å². The van der Waals surface area contributed by atoms with Gasteiger partial charge in [-0.2, -0.15) is 0 Å². The van der Waals surface area contributed by atoms with E-state index >= 15 is 0 Å². The number of piperidine rings is 1. The number of amides is 2. The Bertz CT molecular complexity index is 768. The number of aryl methyl sites for hydroxylation is 1. The summed E-state index contributed by atoms with van der Waals surface area (Å²) in [4.78, 5) is 28.5. The molecule has 0 bridgehead atoms. The number of hydrogen-bond acceptors (Lipinski definition) is 2. The highest BCUT2D eigenvalue weighted by Crippen LogP contribution is 2.22. The van der Waals surface area contributed by atoms with Gasteiger partial charge < -0.3 is 20.3 Å². The topological polar surface area (TPSA) is 85.4 Å². The number of urea groups is 1. The Morgan fingerprint density at radius 3 is 2.88 bits per heavy atom. The van der Waals surface area contributed by atoms with Gasteiger partial charge in [0.15, 0.2) is 0 Å². The molecule has 0 spiro atoms. The second-order valence-electron chi connectivity index (χ2n) is 6.81. The first-order valence-corrected chi connectivity index (χ1v) is 8.26. The molecule has 2 amide bonds. The van der Waals surface area contributed by atoms with Crippen molar-refractivity contribution in [1.29, 1.82) is 0 Å². The fraction of sp³-hybridized carbons (Fsp3) is 0.444. The largest absolute Gasteiger partial charge is 0.481 e. The van der Waals surface area contributed by atoms with Crippen molar-refractivity contribution in [2.24, 2.45) is 11.8 Å². The van der Waals surface area contributed by atoms with Crippen molar-refractivity contribution in [2.75, 3.05) is 13.1 Å². The summed E-state index contributed by atoms with van der Waals surface area (Å²) in [5.41, 5.74) is 3.21. The molecule has 128 valence electrons. The highest BCUT2D eigenvalue weighted by Gasteiger charge is 2.31. The molecular weight excluding hydrogens is 306 g/mol. The standard InChI is InChI=1S/C18H23N3O3/c1-11-5-15(17(22)23)10-21(9-11)18(24)19-8-13-3-4-16-14(7-13)6-12(2)20-16/h3-4,6-7,11,15,20H,5,8-10H2,1-2H3,(H,19,24)(H,22,23). The van der Waals surface area contributed by atoms with E-state index in [0.29, 0.717) is 19.5 Å². The van der Waals surface area contributed by atoms with Gasteiger partial charge in [0.1, 0.15) is 0 Å². The molecule has 24 heavy (non-hydrogen) atoms. The smallest absolute Gasteiger partial charge is 0.317 e. The zero-order valence-corrected chi connectivity index (χ0v) is 14.0. The number of carbonyl (C=O) groups is 2. The monoisotopic (exact) mass is 329 g/mol. The number of hydrogen-bond donors (Lipinski definition) is 3. The van der Waals surface area contributed by atoms with Crippen LogP contribution in [0.2, 0.25) is 0 Å². The Balaban J connectivity index is 1.62. The normalized spacial score (nSPS) is 21.0. The maximum absolute atomic E-state index is 12.4. The molecule has 2 atom stereocenters. The van der Waals surface area contributed by atoms with Crippen molar-refractivity contribution < 1.29 is 14.7 Å². The number of carbonyl (C=O) groups excluding carboxylic acids is 1. The zero-order valence-electron chi connectivity index (χ0n) is 14.0. The molecule has 1 aliphatic heterocycles. The van der Waals surface area contributed by atoms with Crippen LogP contribution in [0, 0.1) is 18.8 Å². The maximum atomic E-state index is 12.4. The summed E-state index contributed by atoms with van der Waals surface area (Å²) in [6, 6.07) is 7.92. The van der Waals surface area contributed by atoms with Gasteiger partial charge in [0.25, 0.3) is 0 Å². The van der Waals surface area contributed by atoms with Crippen molar-refractivity contribution in [3.8, 4) is 0 Å². The number of rotatable bonds is 3. The van der Waals surface area contributed by atoms with E-state index in [1.165, 1.54) is 0 Å². The van der Waals surface area contributed by atoms with Crippen molar-refractivity contribution in [3.63, 3.8) is 0 Å². The number of carboxylic acids is 1. The summed E-state index contributed by atoms with van der Waals surface area (Å²) < 4.78 is 0. The fourth-order valence-corrected chi connectivity index (χ4v) is 3.42. The van der Waals surface area contributed by atoms with Gasteiger partial charge in [-0.1, -0.05) is 13.0 Å². The summed E-state index contributed by atoms with van der Waals surface area (Å²) in [6.07, 6.45) is 0.628. The third-order valence-electron chi connectivity index (χ3n) is 4.56. The van der Waals surface area contributed by atoms with Gasteiger partial charge in [-0.25, -0.2) is 4.79 Å². The average molecular weight is 329 g/mol. The Morgan fingerprint density at radius 2 is 2.12 bits per heavy atom. The molecule has 0 aliphatic carbocycles. The molecule has 3 N–H and O–H groups in total. The van der Waals surface area contributed by atoms with Crippen LogP contribution < -0.4 is 5.32 Å². The lowest BCUT2D eigenvalue weighted by molar-refractivity contribution is -0.143. The molecule has 6 nitrogen and oxygen atoms in total. The summed E-state index contributed by atoms with van der Waals surface area (Å²) in [7, 11) is 0. The molecule has 1 aliphatic rings. The lowest BCUT2D eigenvalue weighted by atomic mass is 9.91. The number of carboxylic acid groups (broad SMARTS) is 1. The second kappa shape index (κ2) is 6.55. The molecule has 0 radical (unpaired) electrons. The van der Waals surface area contributed by atoms with Crippen LogP contribution >= 0.6 is 0 Å². The van der Waals surface area contributed by atoms with E-state index in [1.54, 1.807) is 4.90 Å². The molecule has 2 aromatic rings. The molecule has 1 fully saturated rings. The van der Waals surface area contributed by atoms with Crippen LogP contribution in [-0.4, -0.2) is 40.1 Å². The van der Waals surface area contributed by atoms with Crippen molar-refractivity contribution in [1.82, 2.24) is 15.2 Å². The number of benzene rings is 1. The molecule has 1 aromatic carbocycles. The molecule has 1 saturated heterocycles. The first-order chi connectivity index (χ1) is 11.4. The third kappa shape index (κ3) is 3.53. The second-order valence-corrected chi connectivity index (χ2v) is 6.81. The van der Waals surface area contributed by atoms with Crippen molar-refractivity contribution in [3.05, 3.63) is 35.5 Å². The molecule has 1 aromatic heterocycles. The van der Waals surface area contributed by atoms with E-state index < -0.39 is 11.9 Å². The lowest BCUT2D eigenvalue weighted by Crippen LogP contribution is -2.49. The molecule has 2 unspecified atom stereocenters. The van der Waals surface area contributed by atoms with Crippen molar-refractivity contribution in [2.45, 2.75) is 26.8 Å². The number of likely N-dealkylation sites (tertiary alicyclic amines) is 1. The van der Waals surface area contributed by atoms with Crippen LogP contribution in [0.5, 0.6) is 0 Å². The van der Waals surface area contributed by atoms with Crippen LogP contribution in [0.25, 0.3) is 10.9 Å². The molecule has 2 heterocycles. The van der Waals surface area contributed by atoms with Gasteiger partial charge in [-0.05, 0) is 48.4 Å². The minimum atomic E-state index is -0.826. The van der Waals surface area contributed by atoms with Crippen LogP contribution in [0.4, 0.5) is 4.79 Å².